The van der Waals surface area contributed by atoms with Crippen LogP contribution in [-0.2, 0) is 19.1 Å². The average molecular weight is 768 g/mol. The molecule has 0 amide bonds. The van der Waals surface area contributed by atoms with Crippen molar-refractivity contribution in [3.8, 4) is 57.2 Å². The fourth-order valence-corrected chi connectivity index (χ4v) is 8.26. The van der Waals surface area contributed by atoms with Gasteiger partial charge in [-0.25, -0.2) is 24.5 Å². The molecular weight excluding hydrogens is 714 g/mol. The third kappa shape index (κ3) is 10.5. The van der Waals surface area contributed by atoms with Crippen molar-refractivity contribution in [2.24, 2.45) is 0 Å². The summed E-state index contributed by atoms with van der Waals surface area (Å²) < 4.78 is 22.9. The van der Waals surface area contributed by atoms with Gasteiger partial charge in [-0.2, -0.15) is 0 Å². The summed E-state index contributed by atoms with van der Waals surface area (Å²) in [5.74, 6) is -0.272. The Kier molecular flexibility index (Phi) is 11.3. The van der Waals surface area contributed by atoms with Crippen molar-refractivity contribution in [3.05, 3.63) is 66.7 Å². The van der Waals surface area contributed by atoms with Crippen molar-refractivity contribution in [3.63, 3.8) is 0 Å². The third-order valence-corrected chi connectivity index (χ3v) is 9.70. The molecule has 13 nitrogen and oxygen atoms in total. The first-order valence-corrected chi connectivity index (χ1v) is 19.0. The maximum Gasteiger partial charge on any atom is 0.344 e. The molecule has 3 aromatic carbocycles. The number of ether oxygens (including phenoxy) is 4. The summed E-state index contributed by atoms with van der Waals surface area (Å²) in [6.07, 6.45) is 2.22. The van der Waals surface area contributed by atoms with E-state index in [1.807, 2.05) is 30.3 Å². The summed E-state index contributed by atoms with van der Waals surface area (Å²) in [5, 5.41) is 29.4. The Balaban J connectivity index is 1.16. The number of nitrogens with one attached hydrogen (secondary N) is 2. The number of aromatic hydroxyl groups is 2. The van der Waals surface area contributed by atoms with E-state index in [1.54, 1.807) is 24.3 Å². The maximum absolute atomic E-state index is 12.7. The molecule has 6 rings (SSSR count). The Morgan fingerprint density at radius 2 is 0.964 bits per heavy atom. The molecule has 56 heavy (non-hydrogen) atoms. The smallest absolute Gasteiger partial charge is 0.344 e. The highest BCUT2D eigenvalue weighted by molar-refractivity contribution is 5.74. The highest BCUT2D eigenvalue weighted by Gasteiger charge is 2.40. The molecule has 0 atom stereocenters. The van der Waals surface area contributed by atoms with Gasteiger partial charge in [-0.15, -0.1) is 0 Å². The molecule has 0 saturated carbocycles. The molecule has 4 N–H and O–H groups in total. The predicted molar refractivity (Wildman–Crippen MR) is 211 cm³/mol. The molecule has 2 aliphatic heterocycles. The van der Waals surface area contributed by atoms with E-state index in [1.165, 1.54) is 12.1 Å². The number of rotatable bonds is 11. The van der Waals surface area contributed by atoms with Crippen LogP contribution in [0.4, 0.5) is 0 Å². The van der Waals surface area contributed by atoms with Crippen LogP contribution in [0.15, 0.2) is 66.7 Å². The molecule has 2 saturated heterocycles. The predicted octanol–water partition coefficient (Wildman–Crippen LogP) is 6.75. The first-order chi connectivity index (χ1) is 26.2. The van der Waals surface area contributed by atoms with Crippen molar-refractivity contribution in [1.29, 1.82) is 0 Å². The molecule has 3 heterocycles. The van der Waals surface area contributed by atoms with E-state index in [4.69, 9.17) is 18.9 Å². The van der Waals surface area contributed by atoms with E-state index in [0.29, 0.717) is 37.1 Å². The van der Waals surface area contributed by atoms with E-state index in [0.717, 1.165) is 0 Å². The summed E-state index contributed by atoms with van der Waals surface area (Å²) in [4.78, 5) is 39.4. The number of hydrogen-bond donors (Lipinski definition) is 4. The number of benzene rings is 3. The van der Waals surface area contributed by atoms with E-state index in [-0.39, 0.29) is 93.4 Å². The standard InChI is InChI=1S/C43H53N5O8/c1-40(2)20-29(21-41(3,4)47-40)55-35(51)24-53-27-14-16-31(33(49)18-27)38-44-37(26-12-10-9-11-13-26)45-39(46-38)32-17-15-28(19-34(32)50)54-25-36(52)56-30-22-42(5,6)48-43(7,8)23-30/h9-19,29-30,47-50H,20-25H2,1-8H3. The minimum Gasteiger partial charge on any atom is -0.507 e. The molecule has 1 aromatic heterocycles. The van der Waals surface area contributed by atoms with Crippen molar-refractivity contribution in [2.75, 3.05) is 13.2 Å². The lowest BCUT2D eigenvalue weighted by atomic mass is 9.81. The molecule has 298 valence electrons. The van der Waals surface area contributed by atoms with Gasteiger partial charge >= 0.3 is 11.9 Å². The van der Waals surface area contributed by atoms with Gasteiger partial charge in [-0.3, -0.25) is 0 Å². The van der Waals surface area contributed by atoms with Gasteiger partial charge < -0.3 is 39.8 Å². The van der Waals surface area contributed by atoms with Crippen LogP contribution in [0.25, 0.3) is 34.2 Å². The molecule has 4 aromatic rings. The van der Waals surface area contributed by atoms with Crippen molar-refractivity contribution in [1.82, 2.24) is 25.6 Å². The van der Waals surface area contributed by atoms with Crippen LogP contribution in [0.3, 0.4) is 0 Å². The molecule has 0 aliphatic carbocycles. The summed E-state index contributed by atoms with van der Waals surface area (Å²) in [6, 6.07) is 18.4. The normalized spacial score (nSPS) is 18.8. The Labute approximate surface area is 328 Å². The number of hydrogen-bond acceptors (Lipinski definition) is 13. The minimum atomic E-state index is -0.497. The van der Waals surface area contributed by atoms with Gasteiger partial charge in [0.15, 0.2) is 30.7 Å². The van der Waals surface area contributed by atoms with Gasteiger partial charge in [0.25, 0.3) is 0 Å². The van der Waals surface area contributed by atoms with Crippen LogP contribution in [0.5, 0.6) is 23.0 Å². The summed E-state index contributed by atoms with van der Waals surface area (Å²) in [7, 11) is 0. The molecule has 2 fully saturated rings. The van der Waals surface area contributed by atoms with Crippen LogP contribution in [0.2, 0.25) is 0 Å². The Morgan fingerprint density at radius 1 is 0.589 bits per heavy atom. The van der Waals surface area contributed by atoms with E-state index < -0.39 is 11.9 Å². The van der Waals surface area contributed by atoms with Crippen LogP contribution >= 0.6 is 0 Å². The second kappa shape index (κ2) is 15.7. The first kappa shape index (κ1) is 40.4. The molecule has 0 unspecified atom stereocenters. The SMILES string of the molecule is CC1(C)CC(OC(=O)COc2ccc(-c3nc(-c4ccccc4)nc(-c4ccc(OCC(=O)OC5CC(C)(C)NC(C)(C)C5)cc4O)n3)c(O)c2)CC(C)(C)N1. The third-order valence-electron chi connectivity index (χ3n) is 9.70. The van der Waals surface area contributed by atoms with Crippen molar-refractivity contribution in [2.45, 2.75) is 115 Å². The van der Waals surface area contributed by atoms with Crippen LogP contribution in [0.1, 0.15) is 81.1 Å². The van der Waals surface area contributed by atoms with Gasteiger partial charge in [-0.05, 0) is 79.7 Å². The molecule has 0 spiro atoms. The van der Waals surface area contributed by atoms with Gasteiger partial charge in [0.2, 0.25) is 0 Å². The monoisotopic (exact) mass is 767 g/mol. The number of phenolic OH excluding ortho intramolecular Hbond substituents is 2. The summed E-state index contributed by atoms with van der Waals surface area (Å²) in [6.45, 7) is 16.0. The number of piperidine rings is 2. The van der Waals surface area contributed by atoms with Gasteiger partial charge in [0.05, 0.1) is 11.1 Å². The molecule has 13 heteroatoms. The fraction of sp³-hybridized carbons (Fsp3) is 0.465. The average Bonchev–Trinajstić information content (AvgIpc) is 3.07. The molecule has 0 bridgehead atoms. The Morgan fingerprint density at radius 3 is 1.34 bits per heavy atom. The number of carbonyl (C=O) groups excluding carboxylic acids is 2. The number of nitrogens with zero attached hydrogens (tertiary/aromatic N) is 3. The highest BCUT2D eigenvalue weighted by Crippen LogP contribution is 2.36. The minimum absolute atomic E-state index is 0.139. The number of phenols is 2. The lowest BCUT2D eigenvalue weighted by Gasteiger charge is -2.45. The maximum atomic E-state index is 12.7. The van der Waals surface area contributed by atoms with Gasteiger partial charge in [-0.1, -0.05) is 30.3 Å². The lowest BCUT2D eigenvalue weighted by Crippen LogP contribution is -2.59. The second-order valence-corrected chi connectivity index (χ2v) is 17.4. The number of carbonyl (C=O) groups is 2. The van der Waals surface area contributed by atoms with E-state index in [2.05, 4.69) is 81.0 Å². The molecule has 2 aliphatic rings. The quantitative estimate of drug-likeness (QED) is 0.118. The van der Waals surface area contributed by atoms with Crippen molar-refractivity contribution >= 4 is 11.9 Å². The van der Waals surface area contributed by atoms with Crippen LogP contribution in [-0.4, -0.2) is 84.7 Å². The fourth-order valence-electron chi connectivity index (χ4n) is 8.26. The largest absolute Gasteiger partial charge is 0.507 e. The highest BCUT2D eigenvalue weighted by atomic mass is 16.6. The Hall–Kier alpha value is -5.27. The van der Waals surface area contributed by atoms with Crippen molar-refractivity contribution < 1.29 is 38.7 Å². The zero-order chi connectivity index (χ0) is 40.5. The number of aromatic nitrogens is 3. The first-order valence-electron chi connectivity index (χ1n) is 19.0. The van der Waals surface area contributed by atoms with Gasteiger partial charge in [0, 0.05) is 65.5 Å². The zero-order valence-corrected chi connectivity index (χ0v) is 33.4. The van der Waals surface area contributed by atoms with E-state index in [9.17, 15) is 19.8 Å². The van der Waals surface area contributed by atoms with Crippen LogP contribution < -0.4 is 20.1 Å². The molecular formula is C43H53N5O8. The number of esters is 2. The lowest BCUT2D eigenvalue weighted by molar-refractivity contribution is -0.156. The Bertz CT molecular complexity index is 1910. The van der Waals surface area contributed by atoms with Gasteiger partial charge in [0.1, 0.15) is 35.2 Å². The topological polar surface area (TPSA) is 174 Å². The summed E-state index contributed by atoms with van der Waals surface area (Å²) in [5.41, 5.74) is 0.523. The van der Waals surface area contributed by atoms with Crippen LogP contribution in [0, 0.1) is 0 Å². The zero-order valence-electron chi connectivity index (χ0n) is 33.4. The molecule has 0 radical (unpaired) electrons. The second-order valence-electron chi connectivity index (χ2n) is 17.4. The summed E-state index contributed by atoms with van der Waals surface area (Å²) >= 11 is 0. The van der Waals surface area contributed by atoms with E-state index >= 15 is 0 Å².